The van der Waals surface area contributed by atoms with Crippen molar-refractivity contribution in [3.05, 3.63) is 47.5 Å². The quantitative estimate of drug-likeness (QED) is 0.606. The summed E-state index contributed by atoms with van der Waals surface area (Å²) in [4.78, 5) is 10.3. The lowest BCUT2D eigenvalue weighted by Gasteiger charge is -2.15. The van der Waals surface area contributed by atoms with Crippen LogP contribution in [0.2, 0.25) is 0 Å². The molecule has 0 aliphatic carbocycles. The standard InChI is InChI=1S/C14H12F3N3O4S/c15-14(16,17)7-2-1-3-8(6-7)20-10-5-4-9(13(21)22)12(11(10)18)25(19,23)24/h1-6,20H,18H2,(H,21,22)(H2,19,23,24). The number of halogens is 3. The zero-order valence-corrected chi connectivity index (χ0v) is 13.1. The van der Waals surface area contributed by atoms with Gasteiger partial charge in [-0.2, -0.15) is 13.2 Å². The van der Waals surface area contributed by atoms with Gasteiger partial charge in [0.25, 0.3) is 0 Å². The van der Waals surface area contributed by atoms with Crippen molar-refractivity contribution >= 4 is 33.1 Å². The molecule has 2 rings (SSSR count). The van der Waals surface area contributed by atoms with E-state index < -0.39 is 43.9 Å². The Labute approximate surface area is 140 Å². The fraction of sp³-hybridized carbons (Fsp3) is 0.0714. The Bertz CT molecular complexity index is 943. The first kappa shape index (κ1) is 18.5. The van der Waals surface area contributed by atoms with Crippen LogP contribution in [-0.2, 0) is 16.2 Å². The molecule has 0 fully saturated rings. The molecule has 0 spiro atoms. The summed E-state index contributed by atoms with van der Waals surface area (Å²) in [5.41, 5.74) is 3.46. The second-order valence-electron chi connectivity index (χ2n) is 4.96. The summed E-state index contributed by atoms with van der Waals surface area (Å²) in [5, 5.41) is 16.6. The lowest BCUT2D eigenvalue weighted by molar-refractivity contribution is -0.137. The molecular formula is C14H12F3N3O4S. The van der Waals surface area contributed by atoms with Gasteiger partial charge in [-0.15, -0.1) is 0 Å². The monoisotopic (exact) mass is 375 g/mol. The number of carbonyl (C=O) groups is 1. The maximum Gasteiger partial charge on any atom is 0.416 e. The molecule has 11 heteroatoms. The summed E-state index contributed by atoms with van der Waals surface area (Å²) in [6, 6.07) is 6.17. The number of benzene rings is 2. The topological polar surface area (TPSA) is 136 Å². The van der Waals surface area contributed by atoms with E-state index in [4.69, 9.17) is 16.0 Å². The minimum absolute atomic E-state index is 0.0232. The van der Waals surface area contributed by atoms with Gasteiger partial charge in [0.1, 0.15) is 4.90 Å². The first-order valence-corrected chi connectivity index (χ1v) is 8.08. The molecule has 0 aliphatic heterocycles. The zero-order valence-electron chi connectivity index (χ0n) is 12.3. The smallest absolute Gasteiger partial charge is 0.416 e. The molecule has 2 aromatic carbocycles. The average Bonchev–Trinajstić information content (AvgIpc) is 2.47. The van der Waals surface area contributed by atoms with Crippen molar-refractivity contribution in [3.63, 3.8) is 0 Å². The number of nitrogens with two attached hydrogens (primary N) is 2. The molecule has 0 aliphatic rings. The van der Waals surface area contributed by atoms with Crippen LogP contribution in [0.15, 0.2) is 41.3 Å². The Hall–Kier alpha value is -2.79. The second-order valence-corrected chi connectivity index (χ2v) is 6.46. The third-order valence-electron chi connectivity index (χ3n) is 3.18. The fourth-order valence-electron chi connectivity index (χ4n) is 2.11. The Morgan fingerprint density at radius 3 is 2.32 bits per heavy atom. The molecule has 2 aromatic rings. The molecule has 25 heavy (non-hydrogen) atoms. The summed E-state index contributed by atoms with van der Waals surface area (Å²) >= 11 is 0. The van der Waals surface area contributed by atoms with Crippen LogP contribution in [0.5, 0.6) is 0 Å². The number of nitrogen functional groups attached to an aromatic ring is 1. The SMILES string of the molecule is Nc1c(Nc2cccc(C(F)(F)F)c2)ccc(C(=O)O)c1S(N)(=O)=O. The van der Waals surface area contributed by atoms with Crippen LogP contribution in [0.4, 0.5) is 30.2 Å². The number of aromatic carboxylic acids is 1. The number of hydrogen-bond donors (Lipinski definition) is 4. The van der Waals surface area contributed by atoms with Crippen LogP contribution in [0.25, 0.3) is 0 Å². The molecule has 7 nitrogen and oxygen atoms in total. The third kappa shape index (κ3) is 4.00. The Morgan fingerprint density at radius 2 is 1.80 bits per heavy atom. The number of nitrogens with one attached hydrogen (secondary N) is 1. The van der Waals surface area contributed by atoms with E-state index in [1.807, 2.05) is 0 Å². The number of primary sulfonamides is 1. The Balaban J connectivity index is 2.54. The molecular weight excluding hydrogens is 363 g/mol. The van der Waals surface area contributed by atoms with Gasteiger partial charge < -0.3 is 16.2 Å². The van der Waals surface area contributed by atoms with Gasteiger partial charge >= 0.3 is 12.1 Å². The first-order chi connectivity index (χ1) is 11.4. The number of carboxylic acid groups (broad SMARTS) is 1. The van der Waals surface area contributed by atoms with Crippen LogP contribution in [0, 0.1) is 0 Å². The highest BCUT2D eigenvalue weighted by molar-refractivity contribution is 7.89. The van der Waals surface area contributed by atoms with E-state index in [-0.39, 0.29) is 11.4 Å². The van der Waals surface area contributed by atoms with Crippen molar-refractivity contribution < 1.29 is 31.5 Å². The molecule has 0 bridgehead atoms. The molecule has 0 aromatic heterocycles. The average molecular weight is 375 g/mol. The van der Waals surface area contributed by atoms with E-state index in [2.05, 4.69) is 5.32 Å². The second kappa shape index (κ2) is 6.26. The number of hydrogen-bond acceptors (Lipinski definition) is 5. The van der Waals surface area contributed by atoms with E-state index >= 15 is 0 Å². The van der Waals surface area contributed by atoms with Gasteiger partial charge in [0, 0.05) is 5.69 Å². The Morgan fingerprint density at radius 1 is 1.16 bits per heavy atom. The molecule has 0 unspecified atom stereocenters. The van der Waals surface area contributed by atoms with E-state index in [9.17, 15) is 26.4 Å². The highest BCUT2D eigenvalue weighted by Crippen LogP contribution is 2.34. The molecule has 6 N–H and O–H groups in total. The number of rotatable bonds is 4. The number of carboxylic acids is 1. The van der Waals surface area contributed by atoms with Crippen LogP contribution in [0.3, 0.4) is 0 Å². The summed E-state index contributed by atoms with van der Waals surface area (Å²) in [6.45, 7) is 0. The van der Waals surface area contributed by atoms with Crippen LogP contribution < -0.4 is 16.2 Å². The normalized spacial score (nSPS) is 12.0. The van der Waals surface area contributed by atoms with Gasteiger partial charge in [-0.1, -0.05) is 6.07 Å². The maximum absolute atomic E-state index is 12.7. The van der Waals surface area contributed by atoms with E-state index in [1.54, 1.807) is 0 Å². The van der Waals surface area contributed by atoms with Crippen LogP contribution >= 0.6 is 0 Å². The van der Waals surface area contributed by atoms with E-state index in [0.717, 1.165) is 30.3 Å². The molecule has 0 heterocycles. The van der Waals surface area contributed by atoms with Crippen molar-refractivity contribution in [2.75, 3.05) is 11.1 Å². The van der Waals surface area contributed by atoms with Crippen LogP contribution in [-0.4, -0.2) is 19.5 Å². The molecule has 0 radical (unpaired) electrons. The van der Waals surface area contributed by atoms with Gasteiger partial charge in [0.2, 0.25) is 10.0 Å². The van der Waals surface area contributed by atoms with Gasteiger partial charge in [0.05, 0.1) is 22.5 Å². The zero-order chi connectivity index (χ0) is 19.0. The van der Waals surface area contributed by atoms with Crippen molar-refractivity contribution in [3.8, 4) is 0 Å². The van der Waals surface area contributed by atoms with E-state index in [0.29, 0.717) is 0 Å². The summed E-state index contributed by atoms with van der Waals surface area (Å²) < 4.78 is 61.5. The molecule has 0 saturated carbocycles. The van der Waals surface area contributed by atoms with Gasteiger partial charge in [0.15, 0.2) is 0 Å². The van der Waals surface area contributed by atoms with Crippen LogP contribution in [0.1, 0.15) is 15.9 Å². The lowest BCUT2D eigenvalue weighted by atomic mass is 10.1. The maximum atomic E-state index is 12.7. The largest absolute Gasteiger partial charge is 0.478 e. The molecule has 0 amide bonds. The molecule has 0 saturated heterocycles. The summed E-state index contributed by atoms with van der Waals surface area (Å²) in [5.74, 6) is -1.57. The summed E-state index contributed by atoms with van der Waals surface area (Å²) in [7, 11) is -4.48. The van der Waals surface area contributed by atoms with Gasteiger partial charge in [-0.3, -0.25) is 0 Å². The van der Waals surface area contributed by atoms with Crippen molar-refractivity contribution in [1.29, 1.82) is 0 Å². The number of alkyl halides is 3. The van der Waals surface area contributed by atoms with E-state index in [1.165, 1.54) is 6.07 Å². The summed E-state index contributed by atoms with van der Waals surface area (Å²) in [6.07, 6.45) is -4.57. The third-order valence-corrected chi connectivity index (χ3v) is 4.19. The minimum Gasteiger partial charge on any atom is -0.478 e. The predicted molar refractivity (Wildman–Crippen MR) is 83.9 cm³/mol. The number of anilines is 3. The molecule has 0 atom stereocenters. The van der Waals surface area contributed by atoms with Gasteiger partial charge in [-0.25, -0.2) is 18.4 Å². The fourth-order valence-corrected chi connectivity index (χ4v) is 2.99. The number of sulfonamides is 1. The predicted octanol–water partition coefficient (Wildman–Crippen LogP) is 2.38. The van der Waals surface area contributed by atoms with Crippen molar-refractivity contribution in [2.24, 2.45) is 5.14 Å². The Kier molecular flexibility index (Phi) is 4.64. The first-order valence-electron chi connectivity index (χ1n) is 6.54. The molecule has 134 valence electrons. The van der Waals surface area contributed by atoms with Gasteiger partial charge in [-0.05, 0) is 30.3 Å². The van der Waals surface area contributed by atoms with Crippen molar-refractivity contribution in [2.45, 2.75) is 11.1 Å². The van der Waals surface area contributed by atoms with Crippen molar-refractivity contribution in [1.82, 2.24) is 0 Å². The highest BCUT2D eigenvalue weighted by Gasteiger charge is 2.30. The highest BCUT2D eigenvalue weighted by atomic mass is 32.2. The lowest BCUT2D eigenvalue weighted by Crippen LogP contribution is -2.19. The minimum atomic E-state index is -4.57.